The SMILES string of the molecule is Cc1ccc(C(=O)Nc2ccc(C(F)(F)F)cc2)cc1S(=O)(=O)N1CCN(C)CC1. The van der Waals surface area contributed by atoms with Crippen molar-refractivity contribution in [3.05, 3.63) is 59.2 Å². The van der Waals surface area contributed by atoms with Gasteiger partial charge >= 0.3 is 6.18 Å². The first-order valence-electron chi connectivity index (χ1n) is 9.26. The van der Waals surface area contributed by atoms with E-state index < -0.39 is 27.7 Å². The third-order valence-electron chi connectivity index (χ3n) is 5.00. The van der Waals surface area contributed by atoms with Gasteiger partial charge in [-0.3, -0.25) is 4.79 Å². The number of carbonyl (C=O) groups excluding carboxylic acids is 1. The van der Waals surface area contributed by atoms with Gasteiger partial charge in [-0.15, -0.1) is 0 Å². The zero-order chi connectivity index (χ0) is 22.1. The lowest BCUT2D eigenvalue weighted by atomic mass is 10.1. The van der Waals surface area contributed by atoms with E-state index in [9.17, 15) is 26.4 Å². The van der Waals surface area contributed by atoms with E-state index in [-0.39, 0.29) is 16.1 Å². The van der Waals surface area contributed by atoms with E-state index in [1.165, 1.54) is 16.4 Å². The van der Waals surface area contributed by atoms with Gasteiger partial charge < -0.3 is 10.2 Å². The zero-order valence-corrected chi connectivity index (χ0v) is 17.3. The summed E-state index contributed by atoms with van der Waals surface area (Å²) in [4.78, 5) is 14.6. The molecule has 10 heteroatoms. The third kappa shape index (κ3) is 4.82. The smallest absolute Gasteiger partial charge is 0.322 e. The van der Waals surface area contributed by atoms with Crippen LogP contribution in [0.3, 0.4) is 0 Å². The molecule has 162 valence electrons. The Hall–Kier alpha value is -2.43. The largest absolute Gasteiger partial charge is 0.416 e. The van der Waals surface area contributed by atoms with Crippen molar-refractivity contribution in [2.45, 2.75) is 18.0 Å². The summed E-state index contributed by atoms with van der Waals surface area (Å²) in [6, 6.07) is 8.38. The molecule has 0 atom stereocenters. The number of hydrogen-bond donors (Lipinski definition) is 1. The molecule has 1 fully saturated rings. The lowest BCUT2D eigenvalue weighted by molar-refractivity contribution is -0.137. The molecule has 1 aliphatic rings. The van der Waals surface area contributed by atoms with Crippen molar-refractivity contribution in [2.75, 3.05) is 38.5 Å². The van der Waals surface area contributed by atoms with E-state index in [0.29, 0.717) is 31.7 Å². The van der Waals surface area contributed by atoms with E-state index >= 15 is 0 Å². The number of amides is 1. The van der Waals surface area contributed by atoms with Gasteiger partial charge in [0.05, 0.1) is 10.5 Å². The number of hydrogen-bond acceptors (Lipinski definition) is 4. The fourth-order valence-corrected chi connectivity index (χ4v) is 4.81. The molecule has 1 saturated heterocycles. The number of benzene rings is 2. The topological polar surface area (TPSA) is 69.7 Å². The van der Waals surface area contributed by atoms with Crippen molar-refractivity contribution in [1.29, 1.82) is 0 Å². The molecule has 0 saturated carbocycles. The van der Waals surface area contributed by atoms with Crippen LogP contribution in [0.2, 0.25) is 0 Å². The predicted octanol–water partition coefficient (Wildman–Crippen LogP) is 3.20. The molecule has 0 unspecified atom stereocenters. The monoisotopic (exact) mass is 441 g/mol. The Kier molecular flexibility index (Phi) is 6.21. The highest BCUT2D eigenvalue weighted by molar-refractivity contribution is 7.89. The van der Waals surface area contributed by atoms with Crippen molar-refractivity contribution in [2.24, 2.45) is 0 Å². The lowest BCUT2D eigenvalue weighted by Crippen LogP contribution is -2.47. The minimum atomic E-state index is -4.47. The van der Waals surface area contributed by atoms with Gasteiger partial charge in [0, 0.05) is 37.4 Å². The number of carbonyl (C=O) groups is 1. The molecule has 1 amide bonds. The van der Waals surface area contributed by atoms with E-state index in [4.69, 9.17) is 0 Å². The van der Waals surface area contributed by atoms with Crippen LogP contribution in [0.25, 0.3) is 0 Å². The molecule has 2 aromatic rings. The molecule has 1 N–H and O–H groups in total. The Bertz CT molecular complexity index is 1030. The van der Waals surface area contributed by atoms with Crippen LogP contribution in [0.15, 0.2) is 47.4 Å². The number of rotatable bonds is 4. The predicted molar refractivity (Wildman–Crippen MR) is 107 cm³/mol. The van der Waals surface area contributed by atoms with Gasteiger partial charge in [-0.05, 0) is 55.9 Å². The molecule has 1 aliphatic heterocycles. The van der Waals surface area contributed by atoms with Gasteiger partial charge in [0.1, 0.15) is 0 Å². The highest BCUT2D eigenvalue weighted by Crippen LogP contribution is 2.30. The number of halogens is 3. The Morgan fingerprint density at radius 2 is 1.60 bits per heavy atom. The summed E-state index contributed by atoms with van der Waals surface area (Å²) in [7, 11) is -1.85. The summed E-state index contributed by atoms with van der Waals surface area (Å²) in [6.07, 6.45) is -4.47. The average molecular weight is 441 g/mol. The fraction of sp³-hybridized carbons (Fsp3) is 0.350. The molecule has 0 aliphatic carbocycles. The maximum Gasteiger partial charge on any atom is 0.416 e. The van der Waals surface area contributed by atoms with Crippen LogP contribution in [0.5, 0.6) is 0 Å². The summed E-state index contributed by atoms with van der Waals surface area (Å²) >= 11 is 0. The normalized spacial score (nSPS) is 16.4. The van der Waals surface area contributed by atoms with Crippen LogP contribution in [-0.2, 0) is 16.2 Å². The standard InChI is InChI=1S/C20H22F3N3O3S/c1-14-3-4-15(13-18(14)30(28,29)26-11-9-25(2)10-12-26)19(27)24-17-7-5-16(6-8-17)20(21,22)23/h3-8,13H,9-12H2,1-2H3,(H,24,27). The van der Waals surface area contributed by atoms with E-state index in [1.807, 2.05) is 11.9 Å². The third-order valence-corrected chi connectivity index (χ3v) is 7.04. The first-order chi connectivity index (χ1) is 14.0. The number of nitrogens with one attached hydrogen (secondary N) is 1. The minimum absolute atomic E-state index is 0.0483. The average Bonchev–Trinajstić information content (AvgIpc) is 2.68. The summed E-state index contributed by atoms with van der Waals surface area (Å²) in [5, 5.41) is 2.50. The van der Waals surface area contributed by atoms with Crippen LogP contribution >= 0.6 is 0 Å². The van der Waals surface area contributed by atoms with Gasteiger partial charge in [0.2, 0.25) is 10.0 Å². The molecule has 30 heavy (non-hydrogen) atoms. The zero-order valence-electron chi connectivity index (χ0n) is 16.5. The maximum absolute atomic E-state index is 13.0. The van der Waals surface area contributed by atoms with E-state index in [2.05, 4.69) is 5.32 Å². The summed E-state index contributed by atoms with van der Waals surface area (Å²) < 4.78 is 65.5. The molecule has 1 heterocycles. The highest BCUT2D eigenvalue weighted by atomic mass is 32.2. The van der Waals surface area contributed by atoms with Gasteiger partial charge in [0.15, 0.2) is 0 Å². The van der Waals surface area contributed by atoms with Crippen molar-refractivity contribution in [3.63, 3.8) is 0 Å². The van der Waals surface area contributed by atoms with Crippen LogP contribution in [0.1, 0.15) is 21.5 Å². The molecule has 0 aromatic heterocycles. The summed E-state index contributed by atoms with van der Waals surface area (Å²) in [6.45, 7) is 3.61. The second-order valence-corrected chi connectivity index (χ2v) is 9.12. The molecule has 0 bridgehead atoms. The molecular formula is C20H22F3N3O3S. The van der Waals surface area contributed by atoms with Crippen LogP contribution in [0, 0.1) is 6.92 Å². The highest BCUT2D eigenvalue weighted by Gasteiger charge is 2.31. The number of nitrogens with zero attached hydrogens (tertiary/aromatic N) is 2. The van der Waals surface area contributed by atoms with Crippen molar-refractivity contribution >= 4 is 21.6 Å². The first kappa shape index (κ1) is 22.3. The fourth-order valence-electron chi connectivity index (χ4n) is 3.13. The Labute approximate surface area is 173 Å². The Morgan fingerprint density at radius 1 is 1.00 bits per heavy atom. The molecular weight excluding hydrogens is 419 g/mol. The second-order valence-electron chi connectivity index (χ2n) is 7.22. The molecule has 2 aromatic carbocycles. The molecule has 6 nitrogen and oxygen atoms in total. The second kappa shape index (κ2) is 8.37. The van der Waals surface area contributed by atoms with Crippen molar-refractivity contribution < 1.29 is 26.4 Å². The lowest BCUT2D eigenvalue weighted by Gasteiger charge is -2.32. The Balaban J connectivity index is 1.81. The van der Waals surface area contributed by atoms with E-state index in [0.717, 1.165) is 24.3 Å². The first-order valence-corrected chi connectivity index (χ1v) is 10.7. The maximum atomic E-state index is 13.0. The van der Waals surface area contributed by atoms with Crippen LogP contribution in [-0.4, -0.2) is 56.8 Å². The number of sulfonamides is 1. The molecule has 0 radical (unpaired) electrons. The number of alkyl halides is 3. The number of aryl methyl sites for hydroxylation is 1. The van der Waals surface area contributed by atoms with Gasteiger partial charge in [0.25, 0.3) is 5.91 Å². The summed E-state index contributed by atoms with van der Waals surface area (Å²) in [5.41, 5.74) is -0.0263. The molecule has 3 rings (SSSR count). The minimum Gasteiger partial charge on any atom is -0.322 e. The number of likely N-dealkylation sites (N-methyl/N-ethyl adjacent to an activating group) is 1. The van der Waals surface area contributed by atoms with Gasteiger partial charge in [-0.25, -0.2) is 8.42 Å². The number of anilines is 1. The van der Waals surface area contributed by atoms with Crippen molar-refractivity contribution in [1.82, 2.24) is 9.21 Å². The quantitative estimate of drug-likeness (QED) is 0.791. The van der Waals surface area contributed by atoms with Gasteiger partial charge in [-0.1, -0.05) is 6.07 Å². The molecule has 0 spiro atoms. The van der Waals surface area contributed by atoms with Crippen molar-refractivity contribution in [3.8, 4) is 0 Å². The Morgan fingerprint density at radius 3 is 2.17 bits per heavy atom. The summed E-state index contributed by atoms with van der Waals surface area (Å²) in [5.74, 6) is -0.607. The van der Waals surface area contributed by atoms with Crippen LogP contribution in [0.4, 0.5) is 18.9 Å². The van der Waals surface area contributed by atoms with Crippen LogP contribution < -0.4 is 5.32 Å². The number of piperazine rings is 1. The van der Waals surface area contributed by atoms with Gasteiger partial charge in [-0.2, -0.15) is 17.5 Å². The van der Waals surface area contributed by atoms with E-state index in [1.54, 1.807) is 13.0 Å².